The quantitative estimate of drug-likeness (QED) is 0.00886. The SMILES string of the molecule is CCCCCC/C=C\CCCCCCCCCC(=O)OCC(COP(=O)(O)OC1C(OC2OC(CO)C(O)C(O)C2O)C(O)C(O)C(O)C1OC1OC(COC(=O)CCCCC/C=C\CCCCCCCC)C(O)C(O)C1O)OC(=O)CCCCCCCCCCCCCCC. The Hall–Kier alpha value is -2.56. The third kappa shape index (κ3) is 36.4. The van der Waals surface area contributed by atoms with Crippen LogP contribution in [0.3, 0.4) is 0 Å². The number of rotatable bonds is 57. The number of allylic oxidation sites excluding steroid dienone is 4. The van der Waals surface area contributed by atoms with E-state index in [1.165, 1.54) is 103 Å². The zero-order valence-corrected chi connectivity index (χ0v) is 59.3. The van der Waals surface area contributed by atoms with Crippen molar-refractivity contribution in [2.75, 3.05) is 26.4 Å². The van der Waals surface area contributed by atoms with Gasteiger partial charge in [-0.15, -0.1) is 0 Å². The van der Waals surface area contributed by atoms with E-state index in [2.05, 4.69) is 45.1 Å². The van der Waals surface area contributed by atoms with Crippen LogP contribution in [0.2, 0.25) is 0 Å². The Morgan fingerprint density at radius 1 is 0.396 bits per heavy atom. The number of phosphoric ester groups is 1. The molecule has 3 rings (SSSR count). The summed E-state index contributed by atoms with van der Waals surface area (Å²) in [5, 5.41) is 110. The topological polar surface area (TPSA) is 374 Å². The average molecular weight is 1400 g/mol. The molecule has 562 valence electrons. The number of ether oxygens (including phenoxy) is 7. The molecular formula is C71H129O24P. The minimum absolute atomic E-state index is 0.00813. The number of hydrogen-bond acceptors (Lipinski definition) is 23. The summed E-state index contributed by atoms with van der Waals surface area (Å²) >= 11 is 0. The van der Waals surface area contributed by atoms with Gasteiger partial charge in [-0.25, -0.2) is 4.57 Å². The molecule has 24 nitrogen and oxygen atoms in total. The predicted octanol–water partition coefficient (Wildman–Crippen LogP) is 9.74. The summed E-state index contributed by atoms with van der Waals surface area (Å²) in [5.74, 6) is -2.01. The average Bonchev–Trinajstić information content (AvgIpc) is 0.767. The number of phosphoric acid groups is 1. The third-order valence-corrected chi connectivity index (χ3v) is 19.2. The molecule has 3 aliphatic rings. The van der Waals surface area contributed by atoms with Gasteiger partial charge in [-0.05, 0) is 70.6 Å². The van der Waals surface area contributed by atoms with Crippen molar-refractivity contribution in [1.82, 2.24) is 0 Å². The highest BCUT2D eigenvalue weighted by Crippen LogP contribution is 2.49. The van der Waals surface area contributed by atoms with Crippen molar-refractivity contribution in [3.63, 3.8) is 0 Å². The van der Waals surface area contributed by atoms with Crippen LogP contribution in [0.1, 0.15) is 278 Å². The van der Waals surface area contributed by atoms with E-state index < -0.39 is 156 Å². The minimum atomic E-state index is -5.70. The zero-order chi connectivity index (χ0) is 70.4. The molecule has 2 aliphatic heterocycles. The molecule has 0 aromatic rings. The number of carbonyl (C=O) groups excluding carboxylic acids is 3. The number of hydrogen-bond donors (Lipinski definition) is 11. The maximum absolute atomic E-state index is 14.3. The van der Waals surface area contributed by atoms with Crippen molar-refractivity contribution in [3.8, 4) is 0 Å². The molecule has 96 heavy (non-hydrogen) atoms. The van der Waals surface area contributed by atoms with E-state index in [1.54, 1.807) is 0 Å². The molecule has 18 atom stereocenters. The Labute approximate surface area is 573 Å². The summed E-state index contributed by atoms with van der Waals surface area (Å²) in [6.45, 7) is 3.40. The largest absolute Gasteiger partial charge is 0.472 e. The fraction of sp³-hybridized carbons (Fsp3) is 0.901. The summed E-state index contributed by atoms with van der Waals surface area (Å²) in [5.41, 5.74) is 0. The van der Waals surface area contributed by atoms with Gasteiger partial charge in [0, 0.05) is 19.3 Å². The first-order chi connectivity index (χ1) is 46.3. The third-order valence-electron chi connectivity index (χ3n) is 18.2. The first kappa shape index (κ1) is 87.7. The summed E-state index contributed by atoms with van der Waals surface area (Å²) in [7, 11) is -5.70. The predicted molar refractivity (Wildman–Crippen MR) is 361 cm³/mol. The summed E-state index contributed by atoms with van der Waals surface area (Å²) < 4.78 is 64.9. The number of unbranched alkanes of at least 4 members (excludes halogenated alkanes) is 32. The number of aliphatic hydroxyl groups is 10. The molecule has 25 heteroatoms. The molecule has 18 unspecified atom stereocenters. The molecule has 2 heterocycles. The Bertz CT molecular complexity index is 2090. The second-order valence-electron chi connectivity index (χ2n) is 26.7. The van der Waals surface area contributed by atoms with E-state index in [4.69, 9.17) is 42.2 Å². The van der Waals surface area contributed by atoms with Crippen LogP contribution in [0.5, 0.6) is 0 Å². The van der Waals surface area contributed by atoms with Gasteiger partial charge in [-0.3, -0.25) is 23.4 Å². The normalized spacial score (nSPS) is 28.1. The molecule has 2 saturated heterocycles. The van der Waals surface area contributed by atoms with E-state index >= 15 is 0 Å². The van der Waals surface area contributed by atoms with Crippen molar-refractivity contribution < 1.29 is 117 Å². The van der Waals surface area contributed by atoms with E-state index in [1.807, 2.05) is 0 Å². The van der Waals surface area contributed by atoms with Crippen molar-refractivity contribution in [2.24, 2.45) is 0 Å². The highest BCUT2D eigenvalue weighted by molar-refractivity contribution is 7.47. The molecule has 0 radical (unpaired) electrons. The molecule has 0 aromatic heterocycles. The summed E-state index contributed by atoms with van der Waals surface area (Å²) in [6.07, 6.45) is 12.5. The maximum Gasteiger partial charge on any atom is 0.472 e. The lowest BCUT2D eigenvalue weighted by atomic mass is 9.84. The molecule has 0 bridgehead atoms. The van der Waals surface area contributed by atoms with E-state index in [-0.39, 0.29) is 19.3 Å². The Balaban J connectivity index is 1.75. The summed E-state index contributed by atoms with van der Waals surface area (Å²) in [4.78, 5) is 50.9. The van der Waals surface area contributed by atoms with Gasteiger partial charge in [0.05, 0.1) is 13.2 Å². The highest BCUT2D eigenvalue weighted by Gasteiger charge is 2.58. The first-order valence-electron chi connectivity index (χ1n) is 37.1. The van der Waals surface area contributed by atoms with Gasteiger partial charge in [0.2, 0.25) is 0 Å². The van der Waals surface area contributed by atoms with E-state index in [0.29, 0.717) is 19.3 Å². The fourth-order valence-electron chi connectivity index (χ4n) is 12.1. The van der Waals surface area contributed by atoms with Crippen LogP contribution < -0.4 is 0 Å². The van der Waals surface area contributed by atoms with Crippen LogP contribution >= 0.6 is 7.82 Å². The number of esters is 3. The molecule has 0 spiro atoms. The van der Waals surface area contributed by atoms with Crippen LogP contribution in [0, 0.1) is 0 Å². The highest BCUT2D eigenvalue weighted by atomic mass is 31.2. The van der Waals surface area contributed by atoms with Gasteiger partial charge in [-0.2, -0.15) is 0 Å². The van der Waals surface area contributed by atoms with Crippen LogP contribution in [-0.2, 0) is 61.2 Å². The minimum Gasteiger partial charge on any atom is -0.463 e. The van der Waals surface area contributed by atoms with Crippen LogP contribution in [0.25, 0.3) is 0 Å². The molecule has 1 saturated carbocycles. The second kappa shape index (κ2) is 53.3. The van der Waals surface area contributed by atoms with Crippen molar-refractivity contribution in [2.45, 2.75) is 382 Å². The Kier molecular flexibility index (Phi) is 48.7. The maximum atomic E-state index is 14.3. The van der Waals surface area contributed by atoms with Crippen LogP contribution in [-0.4, -0.2) is 204 Å². The van der Waals surface area contributed by atoms with Gasteiger partial charge in [0.1, 0.15) is 98.7 Å². The lowest BCUT2D eigenvalue weighted by Gasteiger charge is -2.49. The number of aliphatic hydroxyl groups excluding tert-OH is 10. The standard InChI is InChI=1S/C71H129O24P/c1-4-7-10-13-16-19-22-25-26-29-31-33-36-39-42-45-55(73)87-49-52(90-57(75)47-44-41-38-35-32-28-24-21-18-15-12-9-6-3)50-89-96(85,86)95-69-67(93-70-65(83)60(78)58(76)53(48-72)91-70)63(81)62(80)64(82)68(69)94-71-66(84)61(79)59(77)54(92-71)51-88-56(74)46-43-40-37-34-30-27-23-20-17-14-11-8-5-2/h19,22,27,30,52-54,58-72,76-84H,4-18,20-21,23-26,28-29,31-51H2,1-3H3,(H,85,86)/b22-19-,30-27-. The smallest absolute Gasteiger partial charge is 0.463 e. The summed E-state index contributed by atoms with van der Waals surface area (Å²) in [6, 6.07) is 0. The van der Waals surface area contributed by atoms with Gasteiger partial charge >= 0.3 is 25.7 Å². The molecule has 3 fully saturated rings. The first-order valence-corrected chi connectivity index (χ1v) is 38.6. The number of carbonyl (C=O) groups is 3. The van der Waals surface area contributed by atoms with Crippen molar-refractivity contribution in [1.29, 1.82) is 0 Å². The lowest BCUT2D eigenvalue weighted by molar-refractivity contribution is -0.360. The lowest BCUT2D eigenvalue weighted by Crippen LogP contribution is -2.69. The molecule has 11 N–H and O–H groups in total. The Morgan fingerprint density at radius 3 is 1.15 bits per heavy atom. The Morgan fingerprint density at radius 2 is 0.729 bits per heavy atom. The van der Waals surface area contributed by atoms with E-state index in [9.17, 15) is 74.9 Å². The van der Waals surface area contributed by atoms with Gasteiger partial charge in [-0.1, -0.05) is 212 Å². The van der Waals surface area contributed by atoms with Crippen LogP contribution in [0.15, 0.2) is 24.3 Å². The molecule has 0 aromatic carbocycles. The van der Waals surface area contributed by atoms with Gasteiger partial charge in [0.15, 0.2) is 18.7 Å². The monoisotopic (exact) mass is 1400 g/mol. The van der Waals surface area contributed by atoms with Gasteiger partial charge in [0.25, 0.3) is 0 Å². The second-order valence-corrected chi connectivity index (χ2v) is 28.1. The molecule has 0 amide bonds. The van der Waals surface area contributed by atoms with Gasteiger partial charge < -0.3 is 89.1 Å². The molecular weight excluding hydrogens is 1270 g/mol. The fourth-order valence-corrected chi connectivity index (χ4v) is 13.1. The molecule has 1 aliphatic carbocycles. The van der Waals surface area contributed by atoms with E-state index in [0.717, 1.165) is 116 Å². The van der Waals surface area contributed by atoms with Crippen molar-refractivity contribution in [3.05, 3.63) is 24.3 Å². The zero-order valence-electron chi connectivity index (χ0n) is 58.4. The van der Waals surface area contributed by atoms with Crippen molar-refractivity contribution >= 4 is 25.7 Å². The van der Waals surface area contributed by atoms with Crippen LogP contribution in [0.4, 0.5) is 0 Å².